The lowest BCUT2D eigenvalue weighted by molar-refractivity contribution is -0.143. The highest BCUT2D eigenvalue weighted by molar-refractivity contribution is 7.89. The Labute approximate surface area is 176 Å². The van der Waals surface area contributed by atoms with E-state index in [-0.39, 0.29) is 10.2 Å². The van der Waals surface area contributed by atoms with Crippen LogP contribution in [0.1, 0.15) is 16.1 Å². The topological polar surface area (TPSA) is 94.0 Å². The first-order chi connectivity index (χ1) is 13.4. The van der Waals surface area contributed by atoms with Gasteiger partial charge in [0.1, 0.15) is 0 Å². The van der Waals surface area contributed by atoms with E-state index in [9.17, 15) is 26.4 Å². The fraction of sp³-hybridized carbons (Fsp3) is 0.133. The smallest absolute Gasteiger partial charge is 0.268 e. The van der Waals surface area contributed by atoms with Crippen LogP contribution in [0.3, 0.4) is 0 Å². The number of carbonyl (C=O) groups excluding carboxylic acids is 1. The summed E-state index contributed by atoms with van der Waals surface area (Å²) in [5.41, 5.74) is -1.57. The van der Waals surface area contributed by atoms with Gasteiger partial charge < -0.3 is 0 Å². The molecule has 0 spiro atoms. The molecule has 7 nitrogen and oxygen atoms in total. The summed E-state index contributed by atoms with van der Waals surface area (Å²) >= 11 is 12.6. The van der Waals surface area contributed by atoms with Crippen molar-refractivity contribution in [3.63, 3.8) is 0 Å². The molecule has 0 fully saturated rings. The van der Waals surface area contributed by atoms with Crippen LogP contribution >= 0.6 is 34.5 Å². The van der Waals surface area contributed by atoms with E-state index >= 15 is 0 Å². The van der Waals surface area contributed by atoms with E-state index in [0.29, 0.717) is 33.4 Å². The van der Waals surface area contributed by atoms with Crippen molar-refractivity contribution < 1.29 is 26.4 Å². The van der Waals surface area contributed by atoms with E-state index in [0.717, 1.165) is 11.3 Å². The predicted octanol–water partition coefficient (Wildman–Crippen LogP) is 4.01. The summed E-state index contributed by atoms with van der Waals surface area (Å²) in [5.74, 6) is -1.45. The lowest BCUT2D eigenvalue weighted by Crippen LogP contribution is -2.31. The molecule has 14 heteroatoms. The van der Waals surface area contributed by atoms with E-state index in [2.05, 4.69) is 10.1 Å². The van der Waals surface area contributed by atoms with E-state index in [1.54, 1.807) is 6.07 Å². The van der Waals surface area contributed by atoms with Crippen LogP contribution in [0.15, 0.2) is 29.8 Å². The number of rotatable bonds is 4. The van der Waals surface area contributed by atoms with Crippen molar-refractivity contribution >= 4 is 50.5 Å². The van der Waals surface area contributed by atoms with Gasteiger partial charge in [0.2, 0.25) is 15.2 Å². The van der Waals surface area contributed by atoms with Crippen molar-refractivity contribution in [2.24, 2.45) is 0 Å². The maximum Gasteiger partial charge on any atom is 0.434 e. The zero-order valence-corrected chi connectivity index (χ0v) is 17.3. The number of amides is 1. The summed E-state index contributed by atoms with van der Waals surface area (Å²) in [6, 6.07) is 4.61. The monoisotopic (exact) mass is 484 g/mol. The Balaban J connectivity index is 2.07. The van der Waals surface area contributed by atoms with Crippen LogP contribution in [0.2, 0.25) is 10.0 Å². The number of alkyl halides is 3. The molecule has 1 N–H and O–H groups in total. The van der Waals surface area contributed by atoms with Crippen LogP contribution in [0, 0.1) is 0 Å². The molecule has 0 aliphatic carbocycles. The molecule has 1 aromatic carbocycles. The van der Waals surface area contributed by atoms with Gasteiger partial charge >= 0.3 is 6.18 Å². The molecule has 1 amide bonds. The number of benzene rings is 1. The molecule has 154 valence electrons. The minimum Gasteiger partial charge on any atom is -0.268 e. The number of thiazole rings is 1. The molecule has 2 heterocycles. The number of aromatic nitrogens is 3. The second-order valence-corrected chi connectivity index (χ2v) is 9.06. The molecule has 0 unspecified atom stereocenters. The van der Waals surface area contributed by atoms with E-state index in [1.165, 1.54) is 22.2 Å². The number of sulfonamides is 1. The quantitative estimate of drug-likeness (QED) is 0.603. The van der Waals surface area contributed by atoms with Gasteiger partial charge in [-0.2, -0.15) is 18.3 Å². The fourth-order valence-electron chi connectivity index (χ4n) is 2.31. The first-order valence-electron chi connectivity index (χ1n) is 7.45. The average Bonchev–Trinajstić information content (AvgIpc) is 3.21. The van der Waals surface area contributed by atoms with Crippen LogP contribution in [-0.2, 0) is 16.2 Å². The lowest BCUT2D eigenvalue weighted by Gasteiger charge is -2.10. The van der Waals surface area contributed by atoms with E-state index in [4.69, 9.17) is 23.2 Å². The third-order valence-corrected chi connectivity index (χ3v) is 5.56. The molecule has 0 aliphatic rings. The van der Waals surface area contributed by atoms with E-state index < -0.39 is 33.4 Å². The highest BCUT2D eigenvalue weighted by Gasteiger charge is 2.41. The van der Waals surface area contributed by atoms with Gasteiger partial charge in [-0.15, -0.1) is 11.3 Å². The zero-order chi connectivity index (χ0) is 21.6. The second kappa shape index (κ2) is 7.59. The summed E-state index contributed by atoms with van der Waals surface area (Å²) < 4.78 is 65.1. The van der Waals surface area contributed by atoms with Crippen LogP contribution < -0.4 is 4.72 Å². The highest BCUT2D eigenvalue weighted by Crippen LogP contribution is 2.35. The standard InChI is InChI=1S/C15H9Cl2F3N4O3S2/c1-29(26,27)23-13(25)8-5-21-24(12(8)15(18,19)20)14-22-11(6-28-14)7-2-3-9(16)10(17)4-7/h2-6H,1H3,(H,23,25). The molecule has 0 aliphatic heterocycles. The maximum atomic E-state index is 13.6. The summed E-state index contributed by atoms with van der Waals surface area (Å²) in [7, 11) is -4.07. The Morgan fingerprint density at radius 3 is 2.52 bits per heavy atom. The van der Waals surface area contributed by atoms with Gasteiger partial charge in [0.25, 0.3) is 5.91 Å². The summed E-state index contributed by atoms with van der Waals surface area (Å²) in [5, 5.41) is 5.43. The molecule has 0 saturated heterocycles. The van der Waals surface area contributed by atoms with Crippen molar-refractivity contribution in [1.29, 1.82) is 0 Å². The molecule has 0 bridgehead atoms. The molecule has 2 aromatic heterocycles. The molecule has 0 radical (unpaired) electrons. The molecule has 3 aromatic rings. The molecule has 0 atom stereocenters. The summed E-state index contributed by atoms with van der Waals surface area (Å²) in [6.07, 6.45) is -3.73. The van der Waals surface area contributed by atoms with Gasteiger partial charge in [-0.25, -0.2) is 22.8 Å². The second-order valence-electron chi connectivity index (χ2n) is 5.66. The Kier molecular flexibility index (Phi) is 5.64. The first kappa shape index (κ1) is 21.6. The Bertz CT molecular complexity index is 1210. The Morgan fingerprint density at radius 1 is 1.24 bits per heavy atom. The van der Waals surface area contributed by atoms with Crippen molar-refractivity contribution in [2.45, 2.75) is 6.18 Å². The predicted molar refractivity (Wildman–Crippen MR) is 102 cm³/mol. The van der Waals surface area contributed by atoms with Crippen molar-refractivity contribution in [3.8, 4) is 16.4 Å². The van der Waals surface area contributed by atoms with Gasteiger partial charge in [-0.05, 0) is 12.1 Å². The summed E-state index contributed by atoms with van der Waals surface area (Å²) in [6.45, 7) is 0. The van der Waals surface area contributed by atoms with Crippen LogP contribution in [0.25, 0.3) is 16.4 Å². The Morgan fingerprint density at radius 2 is 1.93 bits per heavy atom. The third kappa shape index (κ3) is 4.71. The largest absolute Gasteiger partial charge is 0.434 e. The number of hydrogen-bond acceptors (Lipinski definition) is 6. The van der Waals surface area contributed by atoms with Crippen LogP contribution in [-0.4, -0.2) is 35.3 Å². The van der Waals surface area contributed by atoms with Crippen molar-refractivity contribution in [3.05, 3.63) is 51.1 Å². The molecular weight excluding hydrogens is 476 g/mol. The normalized spacial score (nSPS) is 12.2. The number of hydrogen-bond donors (Lipinski definition) is 1. The molecule has 29 heavy (non-hydrogen) atoms. The van der Waals surface area contributed by atoms with Gasteiger partial charge in [-0.1, -0.05) is 29.3 Å². The summed E-state index contributed by atoms with van der Waals surface area (Å²) in [4.78, 5) is 16.1. The Hall–Kier alpha value is -2.15. The van der Waals surface area contributed by atoms with Crippen molar-refractivity contribution in [2.75, 3.05) is 6.26 Å². The van der Waals surface area contributed by atoms with Crippen LogP contribution in [0.5, 0.6) is 0 Å². The zero-order valence-electron chi connectivity index (χ0n) is 14.2. The van der Waals surface area contributed by atoms with E-state index in [1.807, 2.05) is 0 Å². The third-order valence-electron chi connectivity index (χ3n) is 3.45. The average molecular weight is 485 g/mol. The number of nitrogens with zero attached hydrogens (tertiary/aromatic N) is 3. The molecule has 3 rings (SSSR count). The van der Waals surface area contributed by atoms with Gasteiger partial charge in [0.05, 0.1) is 33.8 Å². The van der Waals surface area contributed by atoms with Crippen molar-refractivity contribution in [1.82, 2.24) is 19.5 Å². The highest BCUT2D eigenvalue weighted by atomic mass is 35.5. The van der Waals surface area contributed by atoms with Gasteiger partial charge in [0, 0.05) is 10.9 Å². The first-order valence-corrected chi connectivity index (χ1v) is 11.0. The number of carbonyl (C=O) groups is 1. The lowest BCUT2D eigenvalue weighted by atomic mass is 10.2. The molecular formula is C15H9Cl2F3N4O3S2. The number of nitrogens with one attached hydrogen (secondary N) is 1. The minimum atomic E-state index is -5.00. The maximum absolute atomic E-state index is 13.6. The van der Waals surface area contributed by atoms with Gasteiger partial charge in [-0.3, -0.25) is 4.79 Å². The number of halogens is 5. The molecule has 0 saturated carbocycles. The fourth-order valence-corrected chi connectivity index (χ4v) is 3.85. The minimum absolute atomic E-state index is 0.184. The van der Waals surface area contributed by atoms with Gasteiger partial charge in [0.15, 0.2) is 5.69 Å². The van der Waals surface area contributed by atoms with Crippen LogP contribution in [0.4, 0.5) is 13.2 Å². The SMILES string of the molecule is CS(=O)(=O)NC(=O)c1cnn(-c2nc(-c3ccc(Cl)c(Cl)c3)cs2)c1C(F)(F)F.